The van der Waals surface area contributed by atoms with Gasteiger partial charge < -0.3 is 11.1 Å². The maximum Gasteiger partial charge on any atom is 0.220 e. The number of nitrogens with two attached hydrogens (primary N) is 1. The van der Waals surface area contributed by atoms with Crippen LogP contribution in [0, 0.1) is 5.41 Å². The van der Waals surface area contributed by atoms with E-state index in [1.54, 1.807) is 5.51 Å². The molecule has 1 aromatic heterocycles. The van der Waals surface area contributed by atoms with Crippen LogP contribution in [0.4, 0.5) is 0 Å². The van der Waals surface area contributed by atoms with Gasteiger partial charge in [0.05, 0.1) is 17.7 Å². The van der Waals surface area contributed by atoms with Crippen LogP contribution in [-0.2, 0) is 11.3 Å². The van der Waals surface area contributed by atoms with E-state index in [4.69, 9.17) is 5.73 Å². The summed E-state index contributed by atoms with van der Waals surface area (Å²) in [5.74, 6) is 0.0862. The first kappa shape index (κ1) is 14.1. The van der Waals surface area contributed by atoms with Gasteiger partial charge >= 0.3 is 0 Å². The molecule has 5 heteroatoms. The molecule has 0 radical (unpaired) electrons. The number of aromatic nitrogens is 1. The first-order valence-corrected chi connectivity index (χ1v) is 6.81. The number of thiazole rings is 1. The molecule has 1 aromatic rings. The van der Waals surface area contributed by atoms with E-state index in [1.165, 1.54) is 11.3 Å². The number of hydrogen-bond acceptors (Lipinski definition) is 4. The average molecular weight is 255 g/mol. The largest absolute Gasteiger partial charge is 0.350 e. The highest BCUT2D eigenvalue weighted by atomic mass is 32.1. The molecule has 0 saturated heterocycles. The fourth-order valence-corrected chi connectivity index (χ4v) is 2.13. The summed E-state index contributed by atoms with van der Waals surface area (Å²) in [6.07, 6.45) is 2.37. The maximum atomic E-state index is 11.6. The molecule has 4 nitrogen and oxygen atoms in total. The Hall–Kier alpha value is -0.940. The summed E-state index contributed by atoms with van der Waals surface area (Å²) >= 11 is 1.54. The number of carbonyl (C=O) groups excluding carboxylic acids is 1. The molecule has 0 aliphatic heterocycles. The van der Waals surface area contributed by atoms with E-state index in [-0.39, 0.29) is 11.3 Å². The van der Waals surface area contributed by atoms with Crippen LogP contribution in [0.25, 0.3) is 0 Å². The Kier molecular flexibility index (Phi) is 5.58. The molecule has 0 aliphatic rings. The van der Waals surface area contributed by atoms with Gasteiger partial charge in [0.1, 0.15) is 0 Å². The molecule has 0 saturated carbocycles. The molecule has 1 heterocycles. The molecule has 17 heavy (non-hydrogen) atoms. The molecule has 96 valence electrons. The number of hydrogen-bond donors (Lipinski definition) is 2. The molecule has 3 N–H and O–H groups in total. The highest BCUT2D eigenvalue weighted by Gasteiger charge is 2.18. The first-order valence-electron chi connectivity index (χ1n) is 5.87. The zero-order chi connectivity index (χ0) is 12.7. The highest BCUT2D eigenvalue weighted by molar-refractivity contribution is 7.07. The molecule has 1 amide bonds. The van der Waals surface area contributed by atoms with Gasteiger partial charge in [-0.25, -0.2) is 4.98 Å². The molecule has 0 atom stereocenters. The van der Waals surface area contributed by atoms with Crippen molar-refractivity contribution in [3.05, 3.63) is 16.6 Å². The lowest BCUT2D eigenvalue weighted by molar-refractivity contribution is -0.121. The van der Waals surface area contributed by atoms with E-state index < -0.39 is 0 Å². The number of carbonyl (C=O) groups is 1. The van der Waals surface area contributed by atoms with Gasteiger partial charge in [0.25, 0.3) is 0 Å². The van der Waals surface area contributed by atoms with Crippen LogP contribution < -0.4 is 11.1 Å². The van der Waals surface area contributed by atoms with E-state index in [1.807, 2.05) is 5.38 Å². The summed E-state index contributed by atoms with van der Waals surface area (Å²) in [5, 5.41) is 4.82. The molecule has 0 aromatic carbocycles. The fourth-order valence-electron chi connectivity index (χ4n) is 1.57. The van der Waals surface area contributed by atoms with Crippen molar-refractivity contribution in [3.63, 3.8) is 0 Å². The Bertz CT molecular complexity index is 336. The maximum absolute atomic E-state index is 11.6. The third-order valence-electron chi connectivity index (χ3n) is 2.80. The van der Waals surface area contributed by atoms with Gasteiger partial charge in [0.15, 0.2) is 0 Å². The fraction of sp³-hybridized carbons (Fsp3) is 0.667. The van der Waals surface area contributed by atoms with Crippen molar-refractivity contribution in [1.29, 1.82) is 0 Å². The molecule has 0 spiro atoms. The third-order valence-corrected chi connectivity index (χ3v) is 3.44. The number of nitrogens with zero attached hydrogens (tertiary/aromatic N) is 1. The van der Waals surface area contributed by atoms with Crippen LogP contribution in [0.5, 0.6) is 0 Å². The Balaban J connectivity index is 2.21. The molecule has 0 bridgehead atoms. The minimum Gasteiger partial charge on any atom is -0.350 e. The third kappa shape index (κ3) is 5.79. The molecular weight excluding hydrogens is 234 g/mol. The zero-order valence-electron chi connectivity index (χ0n) is 10.5. The molecule has 0 aliphatic carbocycles. The van der Waals surface area contributed by atoms with Crippen LogP contribution in [-0.4, -0.2) is 17.4 Å². The van der Waals surface area contributed by atoms with Gasteiger partial charge in [0.2, 0.25) is 5.91 Å². The van der Waals surface area contributed by atoms with Gasteiger partial charge in [-0.15, -0.1) is 11.3 Å². The summed E-state index contributed by atoms with van der Waals surface area (Å²) in [5.41, 5.74) is 8.37. The van der Waals surface area contributed by atoms with Crippen molar-refractivity contribution in [2.75, 3.05) is 6.54 Å². The van der Waals surface area contributed by atoms with Gasteiger partial charge in [-0.05, 0) is 24.8 Å². The number of amides is 1. The summed E-state index contributed by atoms with van der Waals surface area (Å²) in [4.78, 5) is 15.7. The number of rotatable bonds is 7. The van der Waals surface area contributed by atoms with E-state index in [9.17, 15) is 4.79 Å². The second-order valence-electron chi connectivity index (χ2n) is 4.96. The molecule has 0 fully saturated rings. The van der Waals surface area contributed by atoms with Crippen molar-refractivity contribution >= 4 is 17.2 Å². The van der Waals surface area contributed by atoms with Gasteiger partial charge in [-0.3, -0.25) is 4.79 Å². The van der Waals surface area contributed by atoms with Crippen molar-refractivity contribution in [2.45, 2.75) is 39.7 Å². The van der Waals surface area contributed by atoms with Crippen molar-refractivity contribution in [2.24, 2.45) is 11.1 Å². The Morgan fingerprint density at radius 3 is 2.88 bits per heavy atom. The minimum absolute atomic E-state index is 0.0862. The van der Waals surface area contributed by atoms with Gasteiger partial charge in [0, 0.05) is 11.8 Å². The van der Waals surface area contributed by atoms with Crippen LogP contribution in [0.15, 0.2) is 10.9 Å². The van der Waals surface area contributed by atoms with Crippen LogP contribution in [0.3, 0.4) is 0 Å². The van der Waals surface area contributed by atoms with Crippen molar-refractivity contribution in [3.8, 4) is 0 Å². The minimum atomic E-state index is 0.0862. The topological polar surface area (TPSA) is 68.0 Å². The summed E-state index contributed by atoms with van der Waals surface area (Å²) in [6.45, 7) is 5.49. The Labute approximate surface area is 107 Å². The summed E-state index contributed by atoms with van der Waals surface area (Å²) < 4.78 is 0. The average Bonchev–Trinajstić information content (AvgIpc) is 2.76. The lowest BCUT2D eigenvalue weighted by Crippen LogP contribution is -2.25. The predicted octanol–water partition coefficient (Wildman–Crippen LogP) is 1.91. The summed E-state index contributed by atoms with van der Waals surface area (Å²) in [7, 11) is 0. The monoisotopic (exact) mass is 255 g/mol. The second-order valence-corrected chi connectivity index (χ2v) is 5.68. The Morgan fingerprint density at radius 2 is 2.29 bits per heavy atom. The zero-order valence-corrected chi connectivity index (χ0v) is 11.3. The van der Waals surface area contributed by atoms with Crippen LogP contribution in [0.1, 0.15) is 38.8 Å². The SMILES string of the molecule is CC(C)(CCN)CCC(=O)NCc1cscn1. The summed E-state index contributed by atoms with van der Waals surface area (Å²) in [6, 6.07) is 0. The van der Waals surface area contributed by atoms with Crippen molar-refractivity contribution in [1.82, 2.24) is 10.3 Å². The molecular formula is C12H21N3OS. The van der Waals surface area contributed by atoms with Gasteiger partial charge in [-0.2, -0.15) is 0 Å². The lowest BCUT2D eigenvalue weighted by Gasteiger charge is -2.23. The first-order chi connectivity index (χ1) is 8.03. The van der Waals surface area contributed by atoms with Gasteiger partial charge in [-0.1, -0.05) is 13.8 Å². The second kappa shape index (κ2) is 6.71. The molecule has 0 unspecified atom stereocenters. The van der Waals surface area contributed by atoms with Crippen molar-refractivity contribution < 1.29 is 4.79 Å². The lowest BCUT2D eigenvalue weighted by atomic mass is 9.84. The molecule has 1 rings (SSSR count). The highest BCUT2D eigenvalue weighted by Crippen LogP contribution is 2.25. The van der Waals surface area contributed by atoms with Crippen LogP contribution in [0.2, 0.25) is 0 Å². The number of nitrogens with one attached hydrogen (secondary N) is 1. The van der Waals surface area contributed by atoms with E-state index in [2.05, 4.69) is 24.1 Å². The van der Waals surface area contributed by atoms with Crippen LogP contribution >= 0.6 is 11.3 Å². The van der Waals surface area contributed by atoms with E-state index >= 15 is 0 Å². The quantitative estimate of drug-likeness (QED) is 0.782. The normalized spacial score (nSPS) is 11.5. The standard InChI is InChI=1S/C12H21N3OS/c1-12(2,5-6-13)4-3-11(16)14-7-10-8-17-9-15-10/h8-9H,3-7,13H2,1-2H3,(H,14,16). The van der Waals surface area contributed by atoms with E-state index in [0.717, 1.165) is 18.5 Å². The smallest absolute Gasteiger partial charge is 0.220 e. The van der Waals surface area contributed by atoms with E-state index in [0.29, 0.717) is 19.5 Å². The Morgan fingerprint density at radius 1 is 1.53 bits per heavy atom. The predicted molar refractivity (Wildman–Crippen MR) is 70.6 cm³/mol.